The summed E-state index contributed by atoms with van der Waals surface area (Å²) >= 11 is 12.0. The van der Waals surface area contributed by atoms with Gasteiger partial charge >= 0.3 is 6.09 Å². The molecule has 0 aliphatic carbocycles. The fourth-order valence-corrected chi connectivity index (χ4v) is 3.17. The number of methoxy groups -OCH3 is 1. The summed E-state index contributed by atoms with van der Waals surface area (Å²) < 4.78 is 4.77. The van der Waals surface area contributed by atoms with Gasteiger partial charge in [0.1, 0.15) is 0 Å². The second kappa shape index (κ2) is 7.33. The maximum Gasteiger partial charge on any atom is 0.409 e. The molecule has 130 valence electrons. The van der Waals surface area contributed by atoms with Crippen LogP contribution in [-0.2, 0) is 17.7 Å². The quantitative estimate of drug-likeness (QED) is 0.843. The molecule has 0 atom stereocenters. The minimum atomic E-state index is -0.356. The molecule has 1 heterocycles. The first kappa shape index (κ1) is 17.6. The minimum Gasteiger partial charge on any atom is -0.453 e. The van der Waals surface area contributed by atoms with Crippen LogP contribution < -0.4 is 5.32 Å². The van der Waals surface area contributed by atoms with Crippen molar-refractivity contribution in [3.8, 4) is 0 Å². The highest BCUT2D eigenvalue weighted by Gasteiger charge is 2.21. The maximum absolute atomic E-state index is 12.4. The van der Waals surface area contributed by atoms with E-state index >= 15 is 0 Å². The Bertz CT molecular complexity index is 839. The molecule has 2 aromatic rings. The third-order valence-corrected chi connectivity index (χ3v) is 4.65. The van der Waals surface area contributed by atoms with Crippen LogP contribution in [0.2, 0.25) is 10.0 Å². The molecular weight excluding hydrogens is 363 g/mol. The van der Waals surface area contributed by atoms with Crippen molar-refractivity contribution >= 4 is 40.9 Å². The van der Waals surface area contributed by atoms with Gasteiger partial charge in [-0.3, -0.25) is 4.79 Å². The molecule has 0 radical (unpaired) electrons. The molecule has 1 aliphatic rings. The zero-order chi connectivity index (χ0) is 18.0. The van der Waals surface area contributed by atoms with E-state index in [-0.39, 0.29) is 12.0 Å². The highest BCUT2D eigenvalue weighted by Crippen LogP contribution is 2.25. The van der Waals surface area contributed by atoms with Crippen molar-refractivity contribution < 1.29 is 14.3 Å². The number of benzene rings is 2. The lowest BCUT2D eigenvalue weighted by Gasteiger charge is -2.28. The third-order valence-electron chi connectivity index (χ3n) is 4.08. The van der Waals surface area contributed by atoms with Crippen molar-refractivity contribution in [2.75, 3.05) is 19.0 Å². The van der Waals surface area contributed by atoms with E-state index in [0.29, 0.717) is 34.4 Å². The Balaban J connectivity index is 1.79. The normalized spacial score (nSPS) is 13.2. The van der Waals surface area contributed by atoms with Gasteiger partial charge in [0, 0.05) is 23.8 Å². The standard InChI is InChI=1S/C18H16Cl2N2O3/c1-25-18(24)22-7-6-11-2-4-14(8-12(11)10-22)21-17(23)15-9-13(19)3-5-16(15)20/h2-5,8-9H,6-7,10H2,1H3,(H,21,23). The molecule has 0 spiro atoms. The highest BCUT2D eigenvalue weighted by atomic mass is 35.5. The Labute approximate surface area is 155 Å². The van der Waals surface area contributed by atoms with Gasteiger partial charge in [0.15, 0.2) is 0 Å². The number of nitrogens with one attached hydrogen (secondary N) is 1. The number of fused-ring (bicyclic) bond motifs is 1. The van der Waals surface area contributed by atoms with Gasteiger partial charge in [-0.25, -0.2) is 4.79 Å². The predicted molar refractivity (Wildman–Crippen MR) is 97.4 cm³/mol. The number of anilines is 1. The number of hydrogen-bond donors (Lipinski definition) is 1. The summed E-state index contributed by atoms with van der Waals surface area (Å²) in [5, 5.41) is 3.59. The Morgan fingerprint density at radius 3 is 2.68 bits per heavy atom. The smallest absolute Gasteiger partial charge is 0.409 e. The molecule has 0 fully saturated rings. The molecule has 7 heteroatoms. The number of amides is 2. The van der Waals surface area contributed by atoms with Crippen LogP contribution in [-0.4, -0.2) is 30.6 Å². The second-order valence-corrected chi connectivity index (χ2v) is 6.55. The number of nitrogens with zero attached hydrogens (tertiary/aromatic N) is 1. The van der Waals surface area contributed by atoms with Gasteiger partial charge in [0.2, 0.25) is 0 Å². The first-order valence-electron chi connectivity index (χ1n) is 7.69. The van der Waals surface area contributed by atoms with Gasteiger partial charge in [-0.2, -0.15) is 0 Å². The van der Waals surface area contributed by atoms with Gasteiger partial charge in [-0.1, -0.05) is 29.3 Å². The summed E-state index contributed by atoms with van der Waals surface area (Å²) in [7, 11) is 1.36. The summed E-state index contributed by atoms with van der Waals surface area (Å²) in [5.74, 6) is -0.340. The SMILES string of the molecule is COC(=O)N1CCc2ccc(NC(=O)c3cc(Cl)ccc3Cl)cc2C1. The van der Waals surface area contributed by atoms with Gasteiger partial charge < -0.3 is 15.0 Å². The van der Waals surface area contributed by atoms with Crippen molar-refractivity contribution in [3.05, 3.63) is 63.1 Å². The van der Waals surface area contributed by atoms with Crippen LogP contribution in [0.15, 0.2) is 36.4 Å². The summed E-state index contributed by atoms with van der Waals surface area (Å²) in [6, 6.07) is 10.4. The number of carbonyl (C=O) groups is 2. The van der Waals surface area contributed by atoms with Crippen molar-refractivity contribution in [1.29, 1.82) is 0 Å². The molecular formula is C18H16Cl2N2O3. The van der Waals surface area contributed by atoms with Crippen LogP contribution in [0.1, 0.15) is 21.5 Å². The lowest BCUT2D eigenvalue weighted by molar-refractivity contribution is 0.102. The Kier molecular flexibility index (Phi) is 5.16. The van der Waals surface area contributed by atoms with Crippen LogP contribution in [0.25, 0.3) is 0 Å². The maximum atomic E-state index is 12.4. The zero-order valence-corrected chi connectivity index (χ0v) is 15.0. The van der Waals surface area contributed by atoms with Crippen LogP contribution in [0, 0.1) is 0 Å². The Morgan fingerprint density at radius 2 is 1.92 bits per heavy atom. The molecule has 2 aromatic carbocycles. The molecule has 0 bridgehead atoms. The monoisotopic (exact) mass is 378 g/mol. The first-order chi connectivity index (χ1) is 12.0. The molecule has 1 N–H and O–H groups in total. The van der Waals surface area contributed by atoms with Crippen molar-refractivity contribution in [2.45, 2.75) is 13.0 Å². The van der Waals surface area contributed by atoms with Crippen LogP contribution in [0.4, 0.5) is 10.5 Å². The Hall–Kier alpha value is -2.24. The molecule has 2 amide bonds. The average molecular weight is 379 g/mol. The molecule has 25 heavy (non-hydrogen) atoms. The third kappa shape index (κ3) is 3.89. The lowest BCUT2D eigenvalue weighted by Crippen LogP contribution is -2.35. The molecule has 0 aromatic heterocycles. The van der Waals surface area contributed by atoms with E-state index in [1.807, 2.05) is 18.2 Å². The van der Waals surface area contributed by atoms with Crippen LogP contribution >= 0.6 is 23.2 Å². The molecule has 5 nitrogen and oxygen atoms in total. The summed E-state index contributed by atoms with van der Waals surface area (Å²) in [4.78, 5) is 25.8. The van der Waals surface area contributed by atoms with E-state index in [9.17, 15) is 9.59 Å². The van der Waals surface area contributed by atoms with Gasteiger partial charge in [0.25, 0.3) is 5.91 Å². The Morgan fingerprint density at radius 1 is 1.12 bits per heavy atom. The molecule has 0 saturated carbocycles. The first-order valence-corrected chi connectivity index (χ1v) is 8.44. The largest absolute Gasteiger partial charge is 0.453 e. The van der Waals surface area contributed by atoms with Gasteiger partial charge in [-0.05, 0) is 47.9 Å². The number of halogens is 2. The van der Waals surface area contributed by atoms with Gasteiger partial charge in [-0.15, -0.1) is 0 Å². The topological polar surface area (TPSA) is 58.6 Å². The fourth-order valence-electron chi connectivity index (χ4n) is 2.79. The van der Waals surface area contributed by atoms with Gasteiger partial charge in [0.05, 0.1) is 17.7 Å². The number of ether oxygens (including phenoxy) is 1. The van der Waals surface area contributed by atoms with E-state index in [1.165, 1.54) is 13.2 Å². The van der Waals surface area contributed by atoms with Crippen molar-refractivity contribution in [2.24, 2.45) is 0 Å². The zero-order valence-electron chi connectivity index (χ0n) is 13.5. The number of hydrogen-bond acceptors (Lipinski definition) is 3. The molecule has 1 aliphatic heterocycles. The fraction of sp³-hybridized carbons (Fsp3) is 0.222. The predicted octanol–water partition coefficient (Wildman–Crippen LogP) is 4.37. The van der Waals surface area contributed by atoms with Crippen LogP contribution in [0.3, 0.4) is 0 Å². The summed E-state index contributed by atoms with van der Waals surface area (Å²) in [5.41, 5.74) is 3.07. The van der Waals surface area contributed by atoms with E-state index in [4.69, 9.17) is 27.9 Å². The second-order valence-electron chi connectivity index (χ2n) is 5.70. The number of rotatable bonds is 2. The van der Waals surface area contributed by atoms with Crippen molar-refractivity contribution in [3.63, 3.8) is 0 Å². The molecule has 0 unspecified atom stereocenters. The van der Waals surface area contributed by atoms with E-state index in [0.717, 1.165) is 17.5 Å². The molecule has 3 rings (SSSR count). The van der Waals surface area contributed by atoms with E-state index in [1.54, 1.807) is 17.0 Å². The highest BCUT2D eigenvalue weighted by molar-refractivity contribution is 6.36. The number of carbonyl (C=O) groups excluding carboxylic acids is 2. The van der Waals surface area contributed by atoms with Crippen molar-refractivity contribution in [1.82, 2.24) is 4.90 Å². The average Bonchev–Trinajstić information content (AvgIpc) is 2.62. The molecule has 0 saturated heterocycles. The summed E-state index contributed by atoms with van der Waals surface area (Å²) in [6.45, 7) is 1.06. The minimum absolute atomic E-state index is 0.308. The van der Waals surface area contributed by atoms with E-state index < -0.39 is 0 Å². The van der Waals surface area contributed by atoms with E-state index in [2.05, 4.69) is 5.32 Å². The summed E-state index contributed by atoms with van der Waals surface area (Å²) in [6.07, 6.45) is 0.393. The lowest BCUT2D eigenvalue weighted by atomic mass is 9.99. The van der Waals surface area contributed by atoms with Crippen LogP contribution in [0.5, 0.6) is 0 Å².